The van der Waals surface area contributed by atoms with Crippen molar-refractivity contribution in [1.29, 1.82) is 0 Å². The molecule has 0 spiro atoms. The number of hydrogen-bond donors (Lipinski definition) is 0. The van der Waals surface area contributed by atoms with Gasteiger partial charge >= 0.3 is 172 Å². The van der Waals surface area contributed by atoms with Gasteiger partial charge in [-0.1, -0.05) is 0 Å². The average Bonchev–Trinajstić information content (AvgIpc) is 2.76. The molecule has 0 saturated carbocycles. The summed E-state index contributed by atoms with van der Waals surface area (Å²) in [6.07, 6.45) is 0. The molecular weight excluding hydrogens is 491 g/mol. The summed E-state index contributed by atoms with van der Waals surface area (Å²) in [6, 6.07) is 38.9. The van der Waals surface area contributed by atoms with Gasteiger partial charge < -0.3 is 0 Å². The number of rotatable bonds is 4. The first-order chi connectivity index (χ1) is 13.4. The van der Waals surface area contributed by atoms with Crippen molar-refractivity contribution in [2.24, 2.45) is 0 Å². The molecule has 0 nitrogen and oxygen atoms in total. The van der Waals surface area contributed by atoms with Crippen LogP contribution in [-0.2, 0) is 21.9 Å². The zero-order valence-corrected chi connectivity index (χ0v) is 18.6. The van der Waals surface area contributed by atoms with Crippen molar-refractivity contribution < 1.29 is 21.9 Å². The fourth-order valence-corrected chi connectivity index (χ4v) is 6.10. The molecule has 1 heteroatoms. The monoisotopic (exact) mass is 512 g/mol. The molecule has 27 heavy (non-hydrogen) atoms. The van der Waals surface area contributed by atoms with Crippen LogP contribution in [0.25, 0.3) is 22.3 Å². The summed E-state index contributed by atoms with van der Waals surface area (Å²) >= 11 is -0.910. The van der Waals surface area contributed by atoms with E-state index in [2.05, 4.69) is 117 Å². The first-order valence-electron chi connectivity index (χ1n) is 9.12. The second-order valence-electron chi connectivity index (χ2n) is 6.43. The Kier molecular flexibility index (Phi) is 5.91. The van der Waals surface area contributed by atoms with Gasteiger partial charge in [-0.05, 0) is 0 Å². The SMILES string of the molecule is [CH](=[Hf]=[CH]c1ccc(-c2ccccc2)cc1)c1ccc(-c2ccccc2)cc1. The summed E-state index contributed by atoms with van der Waals surface area (Å²) in [5, 5.41) is 0. The number of benzene rings is 4. The van der Waals surface area contributed by atoms with Crippen LogP contribution in [0.5, 0.6) is 0 Å². The second-order valence-corrected chi connectivity index (χ2v) is 9.70. The summed E-state index contributed by atoms with van der Waals surface area (Å²) in [5.74, 6) is 0. The van der Waals surface area contributed by atoms with Crippen molar-refractivity contribution in [1.82, 2.24) is 0 Å². The van der Waals surface area contributed by atoms with E-state index in [1.165, 1.54) is 33.4 Å². The van der Waals surface area contributed by atoms with Gasteiger partial charge in [0.15, 0.2) is 0 Å². The Bertz CT molecular complexity index is 968. The van der Waals surface area contributed by atoms with Crippen LogP contribution < -0.4 is 0 Å². The average molecular weight is 511 g/mol. The van der Waals surface area contributed by atoms with Gasteiger partial charge in [-0.25, -0.2) is 0 Å². The van der Waals surface area contributed by atoms with E-state index >= 15 is 0 Å². The van der Waals surface area contributed by atoms with Crippen molar-refractivity contribution in [3.63, 3.8) is 0 Å². The summed E-state index contributed by atoms with van der Waals surface area (Å²) in [7, 11) is 0. The van der Waals surface area contributed by atoms with Crippen molar-refractivity contribution in [3.05, 3.63) is 120 Å². The predicted octanol–water partition coefficient (Wildman–Crippen LogP) is 6.10. The Labute approximate surface area is 171 Å². The minimum atomic E-state index is -0.910. The summed E-state index contributed by atoms with van der Waals surface area (Å²) in [6.45, 7) is 0. The Morgan fingerprint density at radius 3 is 1.07 bits per heavy atom. The molecule has 0 amide bonds. The molecule has 0 aliphatic carbocycles. The van der Waals surface area contributed by atoms with E-state index in [9.17, 15) is 0 Å². The van der Waals surface area contributed by atoms with Crippen LogP contribution in [0.15, 0.2) is 109 Å². The van der Waals surface area contributed by atoms with E-state index in [1.54, 1.807) is 0 Å². The van der Waals surface area contributed by atoms with Gasteiger partial charge in [0.1, 0.15) is 0 Å². The van der Waals surface area contributed by atoms with Gasteiger partial charge in [-0.2, -0.15) is 0 Å². The zero-order chi connectivity index (χ0) is 18.3. The van der Waals surface area contributed by atoms with Crippen LogP contribution in [0.4, 0.5) is 0 Å². The molecule has 0 N–H and O–H groups in total. The Morgan fingerprint density at radius 1 is 0.370 bits per heavy atom. The maximum absolute atomic E-state index is 2.46. The normalized spacial score (nSPS) is 10.1. The standard InChI is InChI=1S/2C13H10.Hf/c2*1-11-7-9-13(10-8-11)12-5-3-2-4-6-12;/h2*1-10H;. The molecule has 128 valence electrons. The summed E-state index contributed by atoms with van der Waals surface area (Å²) in [5.41, 5.74) is 7.79. The van der Waals surface area contributed by atoms with Crippen LogP contribution in [-0.4, -0.2) is 7.52 Å². The Morgan fingerprint density at radius 2 is 0.704 bits per heavy atom. The van der Waals surface area contributed by atoms with Gasteiger partial charge in [0, 0.05) is 0 Å². The molecule has 4 rings (SSSR count). The van der Waals surface area contributed by atoms with E-state index in [1.807, 2.05) is 0 Å². The van der Waals surface area contributed by atoms with Gasteiger partial charge in [-0.15, -0.1) is 0 Å². The van der Waals surface area contributed by atoms with Crippen LogP contribution in [0, 0.1) is 0 Å². The van der Waals surface area contributed by atoms with Gasteiger partial charge in [0.05, 0.1) is 0 Å². The van der Waals surface area contributed by atoms with Crippen molar-refractivity contribution in [2.45, 2.75) is 0 Å². The van der Waals surface area contributed by atoms with E-state index in [0.717, 1.165) is 0 Å². The van der Waals surface area contributed by atoms with Crippen molar-refractivity contribution >= 4 is 7.52 Å². The van der Waals surface area contributed by atoms with Crippen molar-refractivity contribution in [2.75, 3.05) is 0 Å². The minimum absolute atomic E-state index is 0.910. The van der Waals surface area contributed by atoms with E-state index in [-0.39, 0.29) is 0 Å². The molecule has 4 aromatic carbocycles. The van der Waals surface area contributed by atoms with Gasteiger partial charge in [0.2, 0.25) is 0 Å². The molecule has 0 heterocycles. The molecule has 0 fully saturated rings. The van der Waals surface area contributed by atoms with Crippen LogP contribution in [0.1, 0.15) is 11.1 Å². The third-order valence-corrected chi connectivity index (χ3v) is 8.13. The van der Waals surface area contributed by atoms with E-state index in [4.69, 9.17) is 0 Å². The fraction of sp³-hybridized carbons (Fsp3) is 0. The summed E-state index contributed by atoms with van der Waals surface area (Å²) in [4.78, 5) is 0. The van der Waals surface area contributed by atoms with E-state index in [0.29, 0.717) is 0 Å². The predicted molar refractivity (Wildman–Crippen MR) is 114 cm³/mol. The Balaban J connectivity index is 1.47. The molecule has 0 aromatic heterocycles. The number of hydrogen-bond acceptors (Lipinski definition) is 0. The molecule has 0 aliphatic heterocycles. The molecule has 0 aliphatic rings. The van der Waals surface area contributed by atoms with E-state index < -0.39 is 21.9 Å². The van der Waals surface area contributed by atoms with Gasteiger partial charge in [-0.3, -0.25) is 0 Å². The third-order valence-electron chi connectivity index (χ3n) is 4.54. The molecular formula is C26H20Hf. The molecule has 0 saturated heterocycles. The first-order valence-corrected chi connectivity index (χ1v) is 13.3. The van der Waals surface area contributed by atoms with Crippen LogP contribution in [0.2, 0.25) is 0 Å². The summed E-state index contributed by atoms with van der Waals surface area (Å²) < 4.78 is 4.92. The molecule has 0 unspecified atom stereocenters. The fourth-order valence-electron chi connectivity index (χ4n) is 3.04. The van der Waals surface area contributed by atoms with Crippen LogP contribution >= 0.6 is 0 Å². The Hall–Kier alpha value is -2.51. The molecule has 4 aromatic rings. The molecule has 0 atom stereocenters. The van der Waals surface area contributed by atoms with Crippen LogP contribution in [0.3, 0.4) is 0 Å². The molecule has 0 bridgehead atoms. The zero-order valence-electron chi connectivity index (χ0n) is 15.0. The molecule has 0 radical (unpaired) electrons. The third kappa shape index (κ3) is 4.81. The second kappa shape index (κ2) is 8.92. The van der Waals surface area contributed by atoms with Gasteiger partial charge in [0.25, 0.3) is 0 Å². The first kappa shape index (κ1) is 17.9. The maximum atomic E-state index is 2.46. The topological polar surface area (TPSA) is 0 Å². The van der Waals surface area contributed by atoms with Crippen molar-refractivity contribution in [3.8, 4) is 22.3 Å². The quantitative estimate of drug-likeness (QED) is 0.291.